The second-order valence-corrected chi connectivity index (χ2v) is 5.21. The highest BCUT2D eigenvalue weighted by molar-refractivity contribution is 5.31. The van der Waals surface area contributed by atoms with Crippen LogP contribution in [0, 0.1) is 0 Å². The van der Waals surface area contributed by atoms with Gasteiger partial charge in [0, 0.05) is 31.2 Å². The molecule has 1 aromatic rings. The van der Waals surface area contributed by atoms with Gasteiger partial charge in [0.1, 0.15) is 5.82 Å². The van der Waals surface area contributed by atoms with Crippen molar-refractivity contribution in [2.45, 2.75) is 45.2 Å². The maximum absolute atomic E-state index is 5.44. The second-order valence-electron chi connectivity index (χ2n) is 5.21. The van der Waals surface area contributed by atoms with Crippen molar-refractivity contribution in [3.8, 4) is 0 Å². The van der Waals surface area contributed by atoms with Crippen LogP contribution in [-0.4, -0.2) is 23.2 Å². The average molecular weight is 233 g/mol. The lowest BCUT2D eigenvalue weighted by Gasteiger charge is -2.14. The molecule has 4 nitrogen and oxygen atoms in total. The van der Waals surface area contributed by atoms with Crippen LogP contribution in [0.2, 0.25) is 0 Å². The van der Waals surface area contributed by atoms with Gasteiger partial charge in [0.05, 0.1) is 18.0 Å². The van der Waals surface area contributed by atoms with Crippen molar-refractivity contribution in [3.63, 3.8) is 0 Å². The van der Waals surface area contributed by atoms with Crippen LogP contribution in [0.4, 0.5) is 0 Å². The quantitative estimate of drug-likeness (QED) is 0.844. The van der Waals surface area contributed by atoms with E-state index in [1.165, 1.54) is 17.0 Å². The Balaban J connectivity index is 2.02. The third kappa shape index (κ3) is 1.96. The molecule has 0 amide bonds. The van der Waals surface area contributed by atoms with E-state index in [1.54, 1.807) is 0 Å². The molecule has 3 heterocycles. The van der Waals surface area contributed by atoms with E-state index in [2.05, 4.69) is 19.2 Å². The van der Waals surface area contributed by atoms with E-state index < -0.39 is 0 Å². The number of rotatable bonds is 2. The summed E-state index contributed by atoms with van der Waals surface area (Å²) in [6.07, 6.45) is 1.06. The molecule has 1 atom stereocenters. The Labute approximate surface area is 102 Å². The van der Waals surface area contributed by atoms with Crippen molar-refractivity contribution in [3.05, 3.63) is 22.8 Å². The van der Waals surface area contributed by atoms with Gasteiger partial charge in [-0.1, -0.05) is 13.8 Å². The Hall–Kier alpha value is -1.00. The van der Waals surface area contributed by atoms with Crippen LogP contribution in [0.5, 0.6) is 0 Å². The summed E-state index contributed by atoms with van der Waals surface area (Å²) in [5.74, 6) is 1.86. The van der Waals surface area contributed by atoms with Crippen LogP contribution in [-0.2, 0) is 17.8 Å². The lowest BCUT2D eigenvalue weighted by molar-refractivity contribution is 0.193. The van der Waals surface area contributed by atoms with E-state index in [1.807, 2.05) is 0 Å². The fourth-order valence-corrected chi connectivity index (χ4v) is 2.61. The molecule has 0 saturated carbocycles. The van der Waals surface area contributed by atoms with E-state index in [0.29, 0.717) is 11.8 Å². The molecule has 4 heteroatoms. The Bertz CT molecular complexity index is 425. The first-order valence-electron chi connectivity index (χ1n) is 6.43. The summed E-state index contributed by atoms with van der Waals surface area (Å²) in [4.78, 5) is 9.52. The molecule has 92 valence electrons. The largest absolute Gasteiger partial charge is 0.381 e. The number of hydrogen-bond acceptors (Lipinski definition) is 4. The van der Waals surface area contributed by atoms with E-state index in [-0.39, 0.29) is 0 Å². The van der Waals surface area contributed by atoms with Gasteiger partial charge in [0.25, 0.3) is 0 Å². The number of hydrogen-bond donors (Lipinski definition) is 1. The van der Waals surface area contributed by atoms with Crippen LogP contribution in [0.1, 0.15) is 54.9 Å². The van der Waals surface area contributed by atoms with Gasteiger partial charge in [-0.25, -0.2) is 9.97 Å². The van der Waals surface area contributed by atoms with Gasteiger partial charge in [-0.2, -0.15) is 0 Å². The van der Waals surface area contributed by atoms with E-state index in [4.69, 9.17) is 14.7 Å². The number of fused-ring (bicyclic) bond motifs is 1. The summed E-state index contributed by atoms with van der Waals surface area (Å²) in [6.45, 7) is 7.85. The van der Waals surface area contributed by atoms with Crippen molar-refractivity contribution >= 4 is 0 Å². The van der Waals surface area contributed by atoms with Crippen LogP contribution >= 0.6 is 0 Å². The Morgan fingerprint density at radius 3 is 2.88 bits per heavy atom. The van der Waals surface area contributed by atoms with Crippen molar-refractivity contribution in [1.82, 2.24) is 15.3 Å². The molecule has 1 fully saturated rings. The van der Waals surface area contributed by atoms with Gasteiger partial charge in [0.2, 0.25) is 0 Å². The van der Waals surface area contributed by atoms with Crippen LogP contribution in [0.3, 0.4) is 0 Å². The summed E-state index contributed by atoms with van der Waals surface area (Å²) < 4.78 is 5.44. The molecule has 0 radical (unpaired) electrons. The van der Waals surface area contributed by atoms with Gasteiger partial charge in [-0.15, -0.1) is 0 Å². The van der Waals surface area contributed by atoms with Gasteiger partial charge >= 0.3 is 0 Å². The highest BCUT2D eigenvalue weighted by atomic mass is 16.5. The summed E-state index contributed by atoms with van der Waals surface area (Å²) >= 11 is 0. The fourth-order valence-electron chi connectivity index (χ4n) is 2.61. The van der Waals surface area contributed by atoms with Gasteiger partial charge in [0.15, 0.2) is 0 Å². The first-order chi connectivity index (χ1) is 8.25. The van der Waals surface area contributed by atoms with Crippen LogP contribution < -0.4 is 5.32 Å². The second kappa shape index (κ2) is 4.35. The monoisotopic (exact) mass is 233 g/mol. The molecule has 3 rings (SSSR count). The minimum atomic E-state index is 0.401. The zero-order chi connectivity index (χ0) is 11.8. The number of nitrogens with one attached hydrogen (secondary N) is 1. The number of ether oxygens (including phenoxy) is 1. The molecular weight excluding hydrogens is 214 g/mol. The van der Waals surface area contributed by atoms with Crippen molar-refractivity contribution in [2.24, 2.45) is 0 Å². The molecule has 0 aromatic carbocycles. The molecule has 0 aliphatic carbocycles. The standard InChI is InChI=1S/C13H19N3O/c1-8(2)12-10-5-14-6-11(10)15-13(16-12)9-3-4-17-7-9/h8-9,14H,3-7H2,1-2H3. The lowest BCUT2D eigenvalue weighted by atomic mass is 10.0. The Kier molecular flexibility index (Phi) is 2.84. The highest BCUT2D eigenvalue weighted by Gasteiger charge is 2.26. The molecule has 1 unspecified atom stereocenters. The number of aromatic nitrogens is 2. The molecule has 17 heavy (non-hydrogen) atoms. The van der Waals surface area contributed by atoms with Gasteiger partial charge < -0.3 is 10.1 Å². The average Bonchev–Trinajstić information content (AvgIpc) is 2.98. The molecule has 2 aliphatic rings. The molecule has 1 N–H and O–H groups in total. The van der Waals surface area contributed by atoms with Crippen LogP contribution in [0.15, 0.2) is 0 Å². The summed E-state index contributed by atoms with van der Waals surface area (Å²) in [6, 6.07) is 0. The van der Waals surface area contributed by atoms with Crippen molar-refractivity contribution in [1.29, 1.82) is 0 Å². The maximum Gasteiger partial charge on any atom is 0.134 e. The predicted molar refractivity (Wildman–Crippen MR) is 64.8 cm³/mol. The fraction of sp³-hybridized carbons (Fsp3) is 0.692. The molecule has 1 saturated heterocycles. The van der Waals surface area contributed by atoms with Crippen LogP contribution in [0.25, 0.3) is 0 Å². The third-order valence-electron chi connectivity index (χ3n) is 3.58. The summed E-state index contributed by atoms with van der Waals surface area (Å²) in [5.41, 5.74) is 3.75. The molecule has 0 spiro atoms. The van der Waals surface area contributed by atoms with E-state index in [0.717, 1.165) is 38.5 Å². The number of nitrogens with zero attached hydrogens (tertiary/aromatic N) is 2. The molecule has 0 bridgehead atoms. The van der Waals surface area contributed by atoms with Crippen molar-refractivity contribution < 1.29 is 4.74 Å². The first-order valence-corrected chi connectivity index (χ1v) is 6.43. The minimum absolute atomic E-state index is 0.401. The van der Waals surface area contributed by atoms with Gasteiger partial charge in [-0.3, -0.25) is 0 Å². The van der Waals surface area contributed by atoms with E-state index >= 15 is 0 Å². The first kappa shape index (κ1) is 11.1. The van der Waals surface area contributed by atoms with Crippen molar-refractivity contribution in [2.75, 3.05) is 13.2 Å². The maximum atomic E-state index is 5.44. The lowest BCUT2D eigenvalue weighted by Crippen LogP contribution is -2.11. The normalized spacial score (nSPS) is 23.4. The summed E-state index contributed by atoms with van der Waals surface area (Å²) in [7, 11) is 0. The summed E-state index contributed by atoms with van der Waals surface area (Å²) in [5, 5.41) is 3.37. The minimum Gasteiger partial charge on any atom is -0.381 e. The molecule has 1 aromatic heterocycles. The molecular formula is C13H19N3O. The zero-order valence-electron chi connectivity index (χ0n) is 10.5. The topological polar surface area (TPSA) is 47.0 Å². The Morgan fingerprint density at radius 1 is 1.29 bits per heavy atom. The SMILES string of the molecule is CC(C)c1nc(C2CCOC2)nc2c1CNC2. The van der Waals surface area contributed by atoms with Gasteiger partial charge in [-0.05, 0) is 12.3 Å². The van der Waals surface area contributed by atoms with E-state index in [9.17, 15) is 0 Å². The zero-order valence-corrected chi connectivity index (χ0v) is 10.5. The Morgan fingerprint density at radius 2 is 2.18 bits per heavy atom. The predicted octanol–water partition coefficient (Wildman–Crippen LogP) is 1.71. The smallest absolute Gasteiger partial charge is 0.134 e. The highest BCUT2D eigenvalue weighted by Crippen LogP contribution is 2.28. The third-order valence-corrected chi connectivity index (χ3v) is 3.58. The molecule has 2 aliphatic heterocycles.